The van der Waals surface area contributed by atoms with E-state index in [4.69, 9.17) is 0 Å². The van der Waals surface area contributed by atoms with Gasteiger partial charge in [0, 0.05) is 33.1 Å². The lowest BCUT2D eigenvalue weighted by molar-refractivity contribution is 1.11. The normalized spacial score (nSPS) is 12.0. The summed E-state index contributed by atoms with van der Waals surface area (Å²) < 4.78 is 4.75. The fraction of sp³-hybridized carbons (Fsp3) is 0.0417. The van der Waals surface area contributed by atoms with Crippen molar-refractivity contribution in [3.63, 3.8) is 0 Å². The highest BCUT2D eigenvalue weighted by Crippen LogP contribution is 2.42. The molecule has 50 heavy (non-hydrogen) atoms. The van der Waals surface area contributed by atoms with Crippen molar-refractivity contribution in [3.05, 3.63) is 193 Å². The van der Waals surface area contributed by atoms with Gasteiger partial charge in [0.2, 0.25) is 0 Å². The number of hydrogen-bond donors (Lipinski definition) is 0. The lowest BCUT2D eigenvalue weighted by Gasteiger charge is -2.15. The average molecular weight is 643 g/mol. The summed E-state index contributed by atoms with van der Waals surface area (Å²) in [4.78, 5) is 0. The summed E-state index contributed by atoms with van der Waals surface area (Å²) in [5, 5.41) is 3.67. The number of rotatable bonds is 8. The Bertz CT molecular complexity index is 2610. The van der Waals surface area contributed by atoms with Gasteiger partial charge in [-0.15, -0.1) is 0 Å². The number of aromatic nitrogens is 2. The lowest BCUT2D eigenvalue weighted by atomic mass is 9.93. The molecule has 0 fully saturated rings. The van der Waals surface area contributed by atoms with Crippen molar-refractivity contribution in [1.29, 1.82) is 0 Å². The topological polar surface area (TPSA) is 9.86 Å². The average Bonchev–Trinajstić information content (AvgIpc) is 3.68. The fourth-order valence-corrected chi connectivity index (χ4v) is 7.61. The molecule has 0 saturated heterocycles. The highest BCUT2D eigenvalue weighted by Gasteiger charge is 2.22. The highest BCUT2D eigenvalue weighted by atomic mass is 15.0. The largest absolute Gasteiger partial charge is 0.309 e. The third-order valence-corrected chi connectivity index (χ3v) is 9.78. The predicted molar refractivity (Wildman–Crippen MR) is 217 cm³/mol. The van der Waals surface area contributed by atoms with Gasteiger partial charge in [-0.25, -0.2) is 0 Å². The monoisotopic (exact) mass is 642 g/mol. The molecule has 240 valence electrons. The van der Waals surface area contributed by atoms with Gasteiger partial charge in [0.1, 0.15) is 0 Å². The van der Waals surface area contributed by atoms with Gasteiger partial charge in [0.15, 0.2) is 0 Å². The molecule has 8 rings (SSSR count). The quantitative estimate of drug-likeness (QED) is 0.156. The fourth-order valence-electron chi connectivity index (χ4n) is 7.61. The van der Waals surface area contributed by atoms with Crippen LogP contribution in [-0.2, 0) is 0 Å². The van der Waals surface area contributed by atoms with E-state index in [9.17, 15) is 0 Å². The van der Waals surface area contributed by atoms with Gasteiger partial charge < -0.3 is 9.13 Å². The van der Waals surface area contributed by atoms with Gasteiger partial charge >= 0.3 is 0 Å². The van der Waals surface area contributed by atoms with Gasteiger partial charge in [-0.2, -0.15) is 0 Å². The molecule has 0 unspecified atom stereocenters. The first-order valence-corrected chi connectivity index (χ1v) is 17.2. The molecule has 2 heteroatoms. The molecule has 2 aromatic heterocycles. The molecule has 0 saturated carbocycles. The van der Waals surface area contributed by atoms with Crippen molar-refractivity contribution in [1.82, 2.24) is 9.13 Å². The predicted octanol–water partition coefficient (Wildman–Crippen LogP) is 13.2. The molecule has 2 nitrogen and oxygen atoms in total. The van der Waals surface area contributed by atoms with Gasteiger partial charge in [0.25, 0.3) is 0 Å². The van der Waals surface area contributed by atoms with Crippen LogP contribution in [-0.4, -0.2) is 9.13 Å². The van der Waals surface area contributed by atoms with Gasteiger partial charge in [-0.05, 0) is 95.8 Å². The number of hydrogen-bond acceptors (Lipinski definition) is 0. The maximum absolute atomic E-state index is 4.31. The van der Waals surface area contributed by atoms with E-state index in [0.717, 1.165) is 33.7 Å². The van der Waals surface area contributed by atoms with Crippen LogP contribution in [0.3, 0.4) is 0 Å². The summed E-state index contributed by atoms with van der Waals surface area (Å²) >= 11 is 0. The van der Waals surface area contributed by atoms with Gasteiger partial charge in [-0.3, -0.25) is 0 Å². The lowest BCUT2D eigenvalue weighted by Crippen LogP contribution is -1.98. The summed E-state index contributed by atoms with van der Waals surface area (Å²) in [5.41, 5.74) is 15.0. The molecular weight excluding hydrogens is 605 g/mol. The van der Waals surface area contributed by atoms with E-state index in [1.807, 2.05) is 12.2 Å². The molecule has 0 aliphatic heterocycles. The Morgan fingerprint density at radius 2 is 1.20 bits per heavy atom. The first kappa shape index (κ1) is 30.9. The Hall–Kier alpha value is -6.38. The third-order valence-electron chi connectivity index (χ3n) is 9.78. The first-order valence-electron chi connectivity index (χ1n) is 17.2. The molecule has 0 amide bonds. The molecule has 6 aromatic carbocycles. The van der Waals surface area contributed by atoms with Crippen molar-refractivity contribution in [2.45, 2.75) is 13.8 Å². The van der Waals surface area contributed by atoms with E-state index < -0.39 is 0 Å². The molecule has 0 aliphatic carbocycles. The third kappa shape index (κ3) is 4.96. The Labute approximate surface area is 293 Å². The summed E-state index contributed by atoms with van der Waals surface area (Å²) in [5.74, 6) is 0. The van der Waals surface area contributed by atoms with Gasteiger partial charge in [-0.1, -0.05) is 135 Å². The Morgan fingerprint density at radius 3 is 1.88 bits per heavy atom. The summed E-state index contributed by atoms with van der Waals surface area (Å²) in [6.07, 6.45) is 10.5. The van der Waals surface area contributed by atoms with Crippen LogP contribution in [0.5, 0.6) is 0 Å². The molecule has 0 bridgehead atoms. The number of para-hydroxylation sites is 1. The molecule has 0 radical (unpaired) electrons. The molecular formula is C48H38N2. The zero-order valence-electron chi connectivity index (χ0n) is 28.5. The van der Waals surface area contributed by atoms with E-state index in [1.54, 1.807) is 0 Å². The molecule has 2 heterocycles. The maximum Gasteiger partial charge on any atom is 0.0548 e. The van der Waals surface area contributed by atoms with Crippen LogP contribution in [0.4, 0.5) is 0 Å². The summed E-state index contributed by atoms with van der Waals surface area (Å²) in [6, 6.07) is 50.0. The Balaban J connectivity index is 1.37. The van der Waals surface area contributed by atoms with E-state index in [1.165, 1.54) is 55.1 Å². The zero-order chi connectivity index (χ0) is 34.2. The van der Waals surface area contributed by atoms with E-state index in [0.29, 0.717) is 0 Å². The second kappa shape index (κ2) is 12.9. The minimum atomic E-state index is 1.08. The Morgan fingerprint density at radius 1 is 0.560 bits per heavy atom. The van der Waals surface area contributed by atoms with Crippen LogP contribution < -0.4 is 0 Å². The molecule has 0 aliphatic rings. The van der Waals surface area contributed by atoms with Crippen molar-refractivity contribution < 1.29 is 0 Å². The van der Waals surface area contributed by atoms with E-state index in [2.05, 4.69) is 194 Å². The number of allylic oxidation sites excluding steroid dienone is 2. The standard InChI is InChI=1S/C48H38N2/c1-5-17-41-43(8-4)49(37-26-24-35(25-27-37)34-18-11-9-12-19-34)45-30-31-46-48(47(41)45)42-22-15-16-23-44(42)50(46)38-28-29-40(33(6-2)32-38)39(7-3)36-20-13-10-14-21-36/h5-32H,2,4H2,1,3H3/b17-5-,39-7-. The number of fused-ring (bicyclic) bond motifs is 5. The minimum Gasteiger partial charge on any atom is -0.309 e. The van der Waals surface area contributed by atoms with Crippen molar-refractivity contribution in [2.75, 3.05) is 0 Å². The minimum absolute atomic E-state index is 1.08. The summed E-state index contributed by atoms with van der Waals surface area (Å²) in [7, 11) is 0. The number of nitrogens with zero attached hydrogens (tertiary/aromatic N) is 2. The van der Waals surface area contributed by atoms with E-state index >= 15 is 0 Å². The smallest absolute Gasteiger partial charge is 0.0548 e. The second-order valence-electron chi connectivity index (χ2n) is 12.5. The van der Waals surface area contributed by atoms with Gasteiger partial charge in [0.05, 0.1) is 22.2 Å². The SMILES string of the molecule is C=Cc1cc(-n2c3ccccc3c3c4c(/C=C\C)c(C=C)n(-c5ccc(-c6ccccc6)cc5)c4ccc32)ccc1/C(=C\C)c1ccccc1. The van der Waals surface area contributed by atoms with Crippen LogP contribution in [0, 0.1) is 0 Å². The molecule has 0 N–H and O–H groups in total. The van der Waals surface area contributed by atoms with E-state index in [-0.39, 0.29) is 0 Å². The molecule has 8 aromatic rings. The van der Waals surface area contributed by atoms with Crippen LogP contribution in [0.2, 0.25) is 0 Å². The summed E-state index contributed by atoms with van der Waals surface area (Å²) in [6.45, 7) is 12.7. The maximum atomic E-state index is 4.31. The highest BCUT2D eigenvalue weighted by molar-refractivity contribution is 6.24. The number of benzene rings is 6. The van der Waals surface area contributed by atoms with Crippen molar-refractivity contribution in [3.8, 4) is 22.5 Å². The van der Waals surface area contributed by atoms with Crippen molar-refractivity contribution in [2.24, 2.45) is 0 Å². The zero-order valence-corrected chi connectivity index (χ0v) is 28.5. The second-order valence-corrected chi connectivity index (χ2v) is 12.5. The van der Waals surface area contributed by atoms with Crippen molar-refractivity contribution >= 4 is 56.5 Å². The first-order chi connectivity index (χ1) is 24.7. The van der Waals surface area contributed by atoms with Crippen LogP contribution in [0.1, 0.15) is 41.8 Å². The molecule has 0 spiro atoms. The molecule has 0 atom stereocenters. The Kier molecular flexibility index (Phi) is 7.98. The van der Waals surface area contributed by atoms with Crippen LogP contribution >= 0.6 is 0 Å². The van der Waals surface area contributed by atoms with Crippen LogP contribution in [0.25, 0.3) is 79.0 Å². The van der Waals surface area contributed by atoms with Crippen LogP contribution in [0.15, 0.2) is 165 Å².